The second-order valence-electron chi connectivity index (χ2n) is 5.64. The molecule has 1 aliphatic rings. The number of carbonyl (C=O) groups excluding carboxylic acids is 1. The van der Waals surface area contributed by atoms with Crippen LogP contribution >= 0.6 is 11.6 Å². The van der Waals surface area contributed by atoms with Gasteiger partial charge in [-0.1, -0.05) is 18.0 Å². The van der Waals surface area contributed by atoms with Crippen molar-refractivity contribution >= 4 is 17.5 Å². The molecule has 0 spiro atoms. The number of likely N-dealkylation sites (tertiary alicyclic amines) is 1. The summed E-state index contributed by atoms with van der Waals surface area (Å²) in [5, 5.41) is 21.7. The average molecular weight is 327 g/mol. The van der Waals surface area contributed by atoms with Crippen LogP contribution < -0.4 is 5.32 Å². The molecule has 1 heterocycles. The van der Waals surface area contributed by atoms with Crippen LogP contribution in [0.3, 0.4) is 0 Å². The normalized spacial score (nSPS) is 19.1. The number of rotatable bonds is 6. The third-order valence-corrected chi connectivity index (χ3v) is 4.38. The minimum atomic E-state index is -0.195. The summed E-state index contributed by atoms with van der Waals surface area (Å²) in [4.78, 5) is 14.3. The van der Waals surface area contributed by atoms with Crippen LogP contribution in [0.4, 0.5) is 0 Å². The fourth-order valence-electron chi connectivity index (χ4n) is 2.80. The molecule has 3 N–H and O–H groups in total. The molecule has 1 saturated heterocycles. The van der Waals surface area contributed by atoms with Gasteiger partial charge in [0.25, 0.3) is 5.91 Å². The van der Waals surface area contributed by atoms with Crippen LogP contribution in [0.25, 0.3) is 0 Å². The van der Waals surface area contributed by atoms with E-state index in [-0.39, 0.29) is 29.3 Å². The van der Waals surface area contributed by atoms with E-state index in [4.69, 9.17) is 11.6 Å². The van der Waals surface area contributed by atoms with Gasteiger partial charge in [0.2, 0.25) is 0 Å². The van der Waals surface area contributed by atoms with Crippen molar-refractivity contribution in [1.82, 2.24) is 10.2 Å². The van der Waals surface area contributed by atoms with Crippen LogP contribution in [0.15, 0.2) is 18.2 Å². The van der Waals surface area contributed by atoms with Crippen molar-refractivity contribution in [2.75, 3.05) is 26.2 Å². The van der Waals surface area contributed by atoms with E-state index in [2.05, 4.69) is 10.2 Å². The van der Waals surface area contributed by atoms with Crippen molar-refractivity contribution in [3.8, 4) is 5.75 Å². The first-order valence-electron chi connectivity index (χ1n) is 7.73. The molecule has 2 rings (SSSR count). The molecule has 1 amide bonds. The van der Waals surface area contributed by atoms with Gasteiger partial charge in [-0.25, -0.2) is 0 Å². The Bertz CT molecular complexity index is 510. The van der Waals surface area contributed by atoms with Crippen molar-refractivity contribution in [2.24, 2.45) is 0 Å². The zero-order valence-corrected chi connectivity index (χ0v) is 13.4. The number of nitrogens with one attached hydrogen (secondary N) is 1. The number of hydrogen-bond acceptors (Lipinski definition) is 4. The molecule has 0 bridgehead atoms. The Morgan fingerprint density at radius 2 is 2.23 bits per heavy atom. The van der Waals surface area contributed by atoms with Crippen molar-refractivity contribution in [3.63, 3.8) is 0 Å². The zero-order valence-electron chi connectivity index (χ0n) is 12.6. The molecule has 1 fully saturated rings. The van der Waals surface area contributed by atoms with Gasteiger partial charge in [-0.05, 0) is 44.0 Å². The Kier molecular flexibility index (Phi) is 6.49. The van der Waals surface area contributed by atoms with Gasteiger partial charge in [-0.3, -0.25) is 9.69 Å². The van der Waals surface area contributed by atoms with E-state index >= 15 is 0 Å². The quantitative estimate of drug-likeness (QED) is 0.699. The highest BCUT2D eigenvalue weighted by atomic mass is 35.5. The standard InChI is InChI=1S/C16H23ClN2O3/c17-14-10-12(5-6-15(14)21)16(22)18-7-3-9-19-8-2-1-4-13(19)11-20/h5-6,10,13,20-21H,1-4,7-9,11H2,(H,18,22)/t13-/m1/s1. The maximum absolute atomic E-state index is 12.0. The van der Waals surface area contributed by atoms with Gasteiger partial charge >= 0.3 is 0 Å². The van der Waals surface area contributed by atoms with Crippen molar-refractivity contribution in [3.05, 3.63) is 28.8 Å². The third-order valence-electron chi connectivity index (χ3n) is 4.08. The van der Waals surface area contributed by atoms with Gasteiger partial charge in [-0.15, -0.1) is 0 Å². The summed E-state index contributed by atoms with van der Waals surface area (Å²) in [5.41, 5.74) is 0.439. The van der Waals surface area contributed by atoms with Crippen LogP contribution in [0.2, 0.25) is 5.02 Å². The summed E-state index contributed by atoms with van der Waals surface area (Å²) < 4.78 is 0. The van der Waals surface area contributed by atoms with E-state index in [0.717, 1.165) is 25.9 Å². The predicted molar refractivity (Wildman–Crippen MR) is 86.4 cm³/mol. The summed E-state index contributed by atoms with van der Waals surface area (Å²) in [6.45, 7) is 2.68. The molecule has 1 aromatic carbocycles. The fourth-order valence-corrected chi connectivity index (χ4v) is 2.98. The van der Waals surface area contributed by atoms with Gasteiger partial charge in [0.1, 0.15) is 5.75 Å². The molecule has 0 unspecified atom stereocenters. The Labute approximate surface area is 135 Å². The van der Waals surface area contributed by atoms with Crippen LogP contribution in [0.5, 0.6) is 5.75 Å². The van der Waals surface area contributed by atoms with Gasteiger partial charge in [0.05, 0.1) is 11.6 Å². The van der Waals surface area contributed by atoms with Crippen LogP contribution in [-0.4, -0.2) is 53.3 Å². The number of halogens is 1. The number of carbonyl (C=O) groups is 1. The molecule has 0 aromatic heterocycles. The highest BCUT2D eigenvalue weighted by Crippen LogP contribution is 2.23. The SMILES string of the molecule is O=C(NCCCN1CCCC[C@@H]1CO)c1ccc(O)c(Cl)c1. The van der Waals surface area contributed by atoms with E-state index in [1.54, 1.807) is 6.07 Å². The molecular formula is C16H23ClN2O3. The lowest BCUT2D eigenvalue weighted by atomic mass is 10.0. The first kappa shape index (κ1) is 17.1. The van der Waals surface area contributed by atoms with Gasteiger partial charge in [-0.2, -0.15) is 0 Å². The summed E-state index contributed by atoms with van der Waals surface area (Å²) in [6, 6.07) is 4.68. The monoisotopic (exact) mass is 326 g/mol. The number of hydrogen-bond donors (Lipinski definition) is 3. The number of piperidine rings is 1. The molecule has 5 nitrogen and oxygen atoms in total. The van der Waals surface area contributed by atoms with E-state index in [1.165, 1.54) is 25.0 Å². The number of amides is 1. The summed E-state index contributed by atoms with van der Waals surface area (Å²) in [5.74, 6) is -0.224. The number of aromatic hydroxyl groups is 1. The Balaban J connectivity index is 1.73. The number of phenols is 1. The fraction of sp³-hybridized carbons (Fsp3) is 0.562. The molecule has 122 valence electrons. The second-order valence-corrected chi connectivity index (χ2v) is 6.05. The van der Waals surface area contributed by atoms with Crippen molar-refractivity contribution in [1.29, 1.82) is 0 Å². The molecule has 6 heteroatoms. The van der Waals surface area contributed by atoms with E-state index < -0.39 is 0 Å². The highest BCUT2D eigenvalue weighted by Gasteiger charge is 2.20. The summed E-state index contributed by atoms with van der Waals surface area (Å²) in [6.07, 6.45) is 4.25. The van der Waals surface area contributed by atoms with E-state index in [0.29, 0.717) is 12.1 Å². The lowest BCUT2D eigenvalue weighted by molar-refractivity contribution is 0.0868. The molecular weight excluding hydrogens is 304 g/mol. The van der Waals surface area contributed by atoms with Crippen LogP contribution in [0.1, 0.15) is 36.0 Å². The van der Waals surface area contributed by atoms with Crippen molar-refractivity contribution < 1.29 is 15.0 Å². The van der Waals surface area contributed by atoms with Crippen molar-refractivity contribution in [2.45, 2.75) is 31.7 Å². The summed E-state index contributed by atoms with van der Waals surface area (Å²) >= 11 is 5.79. The molecule has 22 heavy (non-hydrogen) atoms. The molecule has 0 aliphatic carbocycles. The number of benzene rings is 1. The zero-order chi connectivity index (χ0) is 15.9. The number of phenolic OH excluding ortho intramolecular Hbond substituents is 1. The maximum atomic E-state index is 12.0. The van der Waals surface area contributed by atoms with E-state index in [1.807, 2.05) is 0 Å². The Hall–Kier alpha value is -1.30. The predicted octanol–water partition coefficient (Wildman–Crippen LogP) is 2.01. The summed E-state index contributed by atoms with van der Waals surface area (Å²) in [7, 11) is 0. The molecule has 1 atom stereocenters. The molecule has 1 aliphatic heterocycles. The topological polar surface area (TPSA) is 72.8 Å². The second kappa shape index (κ2) is 8.36. The minimum Gasteiger partial charge on any atom is -0.506 e. The Morgan fingerprint density at radius 1 is 1.41 bits per heavy atom. The van der Waals surface area contributed by atoms with Crippen LogP contribution in [0, 0.1) is 0 Å². The first-order chi connectivity index (χ1) is 10.6. The largest absolute Gasteiger partial charge is 0.506 e. The number of nitrogens with zero attached hydrogens (tertiary/aromatic N) is 1. The Morgan fingerprint density at radius 3 is 2.95 bits per heavy atom. The van der Waals surface area contributed by atoms with Gasteiger partial charge in [0, 0.05) is 24.7 Å². The maximum Gasteiger partial charge on any atom is 0.251 e. The number of aliphatic hydroxyl groups is 1. The lowest BCUT2D eigenvalue weighted by Crippen LogP contribution is -2.43. The van der Waals surface area contributed by atoms with E-state index in [9.17, 15) is 15.0 Å². The van der Waals surface area contributed by atoms with Gasteiger partial charge < -0.3 is 15.5 Å². The third kappa shape index (κ3) is 4.60. The lowest BCUT2D eigenvalue weighted by Gasteiger charge is -2.34. The molecule has 1 aromatic rings. The number of aliphatic hydroxyl groups excluding tert-OH is 1. The van der Waals surface area contributed by atoms with Crippen LogP contribution in [-0.2, 0) is 0 Å². The smallest absolute Gasteiger partial charge is 0.251 e. The molecule has 0 radical (unpaired) electrons. The molecule has 0 saturated carbocycles. The first-order valence-corrected chi connectivity index (χ1v) is 8.11. The minimum absolute atomic E-state index is 0.0293. The highest BCUT2D eigenvalue weighted by molar-refractivity contribution is 6.32. The van der Waals surface area contributed by atoms with Gasteiger partial charge in [0.15, 0.2) is 0 Å². The average Bonchev–Trinajstić information content (AvgIpc) is 2.54.